The molecule has 2 rings (SSSR count). The minimum absolute atomic E-state index is 0.130. The van der Waals surface area contributed by atoms with Gasteiger partial charge < -0.3 is 5.32 Å². The molecule has 0 fully saturated rings. The summed E-state index contributed by atoms with van der Waals surface area (Å²) >= 11 is 5.98. The topological polar surface area (TPSA) is 55.2 Å². The summed E-state index contributed by atoms with van der Waals surface area (Å²) in [6.45, 7) is 0.282. The highest BCUT2D eigenvalue weighted by atomic mass is 35.5. The van der Waals surface area contributed by atoms with Crippen LogP contribution in [0.5, 0.6) is 0 Å². The van der Waals surface area contributed by atoms with E-state index in [2.05, 4.69) is 5.32 Å². The molecule has 98 valence electrons. The number of halogens is 2. The van der Waals surface area contributed by atoms with Crippen LogP contribution in [0, 0.1) is 15.9 Å². The second kappa shape index (κ2) is 5.67. The van der Waals surface area contributed by atoms with E-state index < -0.39 is 16.4 Å². The van der Waals surface area contributed by atoms with Gasteiger partial charge in [0.25, 0.3) is 0 Å². The molecular formula is C13H10ClFN2O2. The van der Waals surface area contributed by atoms with E-state index in [9.17, 15) is 14.5 Å². The standard InChI is InChI=1S/C13H10ClFN2O2/c14-10-5-2-1-4-9(10)8-16-12-7-3-6-11(15)13(12)17(18)19/h1-7,16H,8H2. The average molecular weight is 281 g/mol. The Morgan fingerprint density at radius 1 is 1.21 bits per heavy atom. The SMILES string of the molecule is O=[N+]([O-])c1c(F)cccc1NCc1ccccc1Cl. The predicted octanol–water partition coefficient (Wildman–Crippen LogP) is 4.00. The second-order valence-electron chi connectivity index (χ2n) is 3.84. The zero-order chi connectivity index (χ0) is 13.8. The first-order valence-corrected chi connectivity index (χ1v) is 5.87. The van der Waals surface area contributed by atoms with E-state index in [4.69, 9.17) is 11.6 Å². The lowest BCUT2D eigenvalue weighted by Crippen LogP contribution is -2.04. The van der Waals surface area contributed by atoms with Crippen molar-refractivity contribution < 1.29 is 9.31 Å². The van der Waals surface area contributed by atoms with Crippen LogP contribution in [0.3, 0.4) is 0 Å². The summed E-state index contributed by atoms with van der Waals surface area (Å²) in [5.74, 6) is -0.867. The molecule has 0 aliphatic rings. The lowest BCUT2D eigenvalue weighted by molar-refractivity contribution is -0.386. The average Bonchev–Trinajstić information content (AvgIpc) is 2.37. The van der Waals surface area contributed by atoms with Crippen molar-refractivity contribution in [3.63, 3.8) is 0 Å². The van der Waals surface area contributed by atoms with E-state index in [-0.39, 0.29) is 12.2 Å². The fourth-order valence-corrected chi connectivity index (χ4v) is 1.88. The van der Waals surface area contributed by atoms with Gasteiger partial charge in [0, 0.05) is 11.6 Å². The molecule has 0 unspecified atom stereocenters. The van der Waals surface area contributed by atoms with Gasteiger partial charge in [0.2, 0.25) is 5.82 Å². The van der Waals surface area contributed by atoms with Crippen LogP contribution in [0.4, 0.5) is 15.8 Å². The Morgan fingerprint density at radius 3 is 2.63 bits per heavy atom. The molecule has 4 nitrogen and oxygen atoms in total. The number of nitro benzene ring substituents is 1. The van der Waals surface area contributed by atoms with Crippen LogP contribution in [0.15, 0.2) is 42.5 Å². The van der Waals surface area contributed by atoms with Gasteiger partial charge in [0.05, 0.1) is 4.92 Å². The minimum atomic E-state index is -0.867. The summed E-state index contributed by atoms with van der Waals surface area (Å²) in [5, 5.41) is 14.2. The highest BCUT2D eigenvalue weighted by Crippen LogP contribution is 2.28. The van der Waals surface area contributed by atoms with Crippen molar-refractivity contribution in [2.45, 2.75) is 6.54 Å². The molecule has 6 heteroatoms. The van der Waals surface area contributed by atoms with Crippen LogP contribution in [0.1, 0.15) is 5.56 Å². The molecule has 0 radical (unpaired) electrons. The molecule has 0 aromatic heterocycles. The number of nitro groups is 1. The summed E-state index contributed by atoms with van der Waals surface area (Å²) in [6, 6.07) is 11.0. The van der Waals surface area contributed by atoms with Gasteiger partial charge >= 0.3 is 5.69 Å². The van der Waals surface area contributed by atoms with Crippen molar-refractivity contribution in [3.05, 3.63) is 69.0 Å². The monoisotopic (exact) mass is 280 g/mol. The number of hydrogen-bond donors (Lipinski definition) is 1. The molecule has 0 amide bonds. The Kier molecular flexibility index (Phi) is 3.97. The third kappa shape index (κ3) is 3.00. The number of hydrogen-bond acceptors (Lipinski definition) is 3. The molecule has 0 aliphatic carbocycles. The molecule has 0 atom stereocenters. The first kappa shape index (κ1) is 13.3. The molecule has 19 heavy (non-hydrogen) atoms. The van der Waals surface area contributed by atoms with E-state index in [1.165, 1.54) is 12.1 Å². The van der Waals surface area contributed by atoms with Gasteiger partial charge in [-0.25, -0.2) is 0 Å². The van der Waals surface area contributed by atoms with Gasteiger partial charge in [-0.05, 0) is 23.8 Å². The lowest BCUT2D eigenvalue weighted by Gasteiger charge is -2.08. The number of benzene rings is 2. The van der Waals surface area contributed by atoms with E-state index in [1.54, 1.807) is 18.2 Å². The number of rotatable bonds is 4. The first-order chi connectivity index (χ1) is 9.09. The Bertz CT molecular complexity index is 619. The molecule has 0 spiro atoms. The smallest absolute Gasteiger partial charge is 0.327 e. The lowest BCUT2D eigenvalue weighted by atomic mass is 10.2. The molecule has 0 saturated heterocycles. The van der Waals surface area contributed by atoms with Crippen molar-refractivity contribution in [2.75, 3.05) is 5.32 Å². The Labute approximate surface area is 114 Å². The normalized spacial score (nSPS) is 10.2. The predicted molar refractivity (Wildman–Crippen MR) is 71.8 cm³/mol. The maximum absolute atomic E-state index is 13.4. The Balaban J connectivity index is 2.23. The van der Waals surface area contributed by atoms with Crippen LogP contribution < -0.4 is 5.32 Å². The van der Waals surface area contributed by atoms with Crippen molar-refractivity contribution in [1.82, 2.24) is 0 Å². The fraction of sp³-hybridized carbons (Fsp3) is 0.0769. The highest BCUT2D eigenvalue weighted by molar-refractivity contribution is 6.31. The highest BCUT2D eigenvalue weighted by Gasteiger charge is 2.19. The quantitative estimate of drug-likeness (QED) is 0.680. The van der Waals surface area contributed by atoms with Crippen LogP contribution in [0.2, 0.25) is 5.02 Å². The number of anilines is 1. The van der Waals surface area contributed by atoms with Crippen LogP contribution in [0.25, 0.3) is 0 Å². The van der Waals surface area contributed by atoms with Gasteiger partial charge in [-0.2, -0.15) is 4.39 Å². The third-order valence-corrected chi connectivity index (χ3v) is 2.97. The zero-order valence-electron chi connectivity index (χ0n) is 9.77. The summed E-state index contributed by atoms with van der Waals surface area (Å²) in [6.07, 6.45) is 0. The molecule has 0 saturated carbocycles. The second-order valence-corrected chi connectivity index (χ2v) is 4.25. The largest absolute Gasteiger partial charge is 0.375 e. The van der Waals surface area contributed by atoms with E-state index >= 15 is 0 Å². The number of nitrogens with zero attached hydrogens (tertiary/aromatic N) is 1. The van der Waals surface area contributed by atoms with Crippen LogP contribution >= 0.6 is 11.6 Å². The minimum Gasteiger partial charge on any atom is -0.375 e. The van der Waals surface area contributed by atoms with E-state index in [0.717, 1.165) is 11.6 Å². The molecule has 0 heterocycles. The molecule has 2 aromatic carbocycles. The van der Waals surface area contributed by atoms with Gasteiger partial charge in [-0.1, -0.05) is 35.9 Å². The molecular weight excluding hydrogens is 271 g/mol. The molecule has 2 aromatic rings. The maximum atomic E-state index is 13.4. The number of para-hydroxylation sites is 1. The van der Waals surface area contributed by atoms with Gasteiger partial charge in [0.15, 0.2) is 0 Å². The Morgan fingerprint density at radius 2 is 1.95 bits per heavy atom. The van der Waals surface area contributed by atoms with E-state index in [0.29, 0.717) is 5.02 Å². The molecule has 1 N–H and O–H groups in total. The van der Waals surface area contributed by atoms with Crippen LogP contribution in [-0.2, 0) is 6.54 Å². The van der Waals surface area contributed by atoms with Gasteiger partial charge in [-0.3, -0.25) is 10.1 Å². The summed E-state index contributed by atoms with van der Waals surface area (Å²) in [7, 11) is 0. The van der Waals surface area contributed by atoms with Crippen molar-refractivity contribution >= 4 is 23.0 Å². The van der Waals surface area contributed by atoms with Crippen LogP contribution in [-0.4, -0.2) is 4.92 Å². The molecule has 0 bridgehead atoms. The van der Waals surface area contributed by atoms with Crippen molar-refractivity contribution in [3.8, 4) is 0 Å². The molecule has 0 aliphatic heterocycles. The Hall–Kier alpha value is -2.14. The summed E-state index contributed by atoms with van der Waals surface area (Å²) in [4.78, 5) is 10.1. The van der Waals surface area contributed by atoms with E-state index in [1.807, 2.05) is 6.07 Å². The zero-order valence-corrected chi connectivity index (χ0v) is 10.5. The van der Waals surface area contributed by atoms with Gasteiger partial charge in [0.1, 0.15) is 5.69 Å². The number of nitrogens with one attached hydrogen (secondary N) is 1. The first-order valence-electron chi connectivity index (χ1n) is 5.50. The maximum Gasteiger partial charge on any atom is 0.327 e. The summed E-state index contributed by atoms with van der Waals surface area (Å²) in [5.41, 5.74) is 0.349. The third-order valence-electron chi connectivity index (χ3n) is 2.60. The summed E-state index contributed by atoms with van der Waals surface area (Å²) < 4.78 is 13.4. The fourth-order valence-electron chi connectivity index (χ4n) is 1.68. The van der Waals surface area contributed by atoms with Crippen molar-refractivity contribution in [2.24, 2.45) is 0 Å². The van der Waals surface area contributed by atoms with Crippen molar-refractivity contribution in [1.29, 1.82) is 0 Å². The van der Waals surface area contributed by atoms with Gasteiger partial charge in [-0.15, -0.1) is 0 Å².